The molecular weight excluding hydrogens is 482 g/mol. The molecule has 0 amide bonds. The number of quaternary nitrogens is 1. The van der Waals surface area contributed by atoms with E-state index < -0.39 is 40.5 Å². The number of carbonyl (C=O) groups excluding carboxylic acids is 1. The molecule has 0 aromatic rings. The van der Waals surface area contributed by atoms with Crippen molar-refractivity contribution in [1.29, 1.82) is 0 Å². The van der Waals surface area contributed by atoms with Gasteiger partial charge in [-0.2, -0.15) is 0 Å². The molecule has 0 aliphatic heterocycles. The fraction of sp³-hybridized carbons (Fsp3) is 0.839. The Morgan fingerprint density at radius 2 is 1.00 bits per heavy atom. The second-order valence-electron chi connectivity index (χ2n) is 10.9. The molecule has 0 saturated carbocycles. The smallest absolute Gasteiger partial charge is 0.362 e. The lowest BCUT2D eigenvalue weighted by molar-refractivity contribution is -0.975. The first-order valence-electron chi connectivity index (χ1n) is 15.4. The Morgan fingerprint density at radius 1 is 0.605 bits per heavy atom. The lowest BCUT2D eigenvalue weighted by atomic mass is 9.91. The third kappa shape index (κ3) is 12.8. The first-order chi connectivity index (χ1) is 18.2. The number of carbonyl (C=O) groups is 3. The number of hydrogen-bond acceptors (Lipinski definition) is 4. The number of allylic oxidation sites excluding steroid dienone is 2. The summed E-state index contributed by atoms with van der Waals surface area (Å²) < 4.78 is -0.437. The van der Waals surface area contributed by atoms with Crippen LogP contribution in [0.2, 0.25) is 0 Å². The second kappa shape index (κ2) is 22.0. The molecule has 0 aromatic heterocycles. The molecule has 3 unspecified atom stereocenters. The van der Waals surface area contributed by atoms with E-state index >= 15 is 0 Å². The van der Waals surface area contributed by atoms with E-state index in [0.29, 0.717) is 25.7 Å². The average molecular weight is 540 g/mol. The minimum atomic E-state index is -1.34. The van der Waals surface area contributed by atoms with Gasteiger partial charge in [0.2, 0.25) is 0 Å². The van der Waals surface area contributed by atoms with Crippen LogP contribution in [-0.4, -0.2) is 57.3 Å². The predicted molar refractivity (Wildman–Crippen MR) is 152 cm³/mol. The molecule has 0 saturated heterocycles. The highest BCUT2D eigenvalue weighted by molar-refractivity contribution is 5.77. The third-order valence-electron chi connectivity index (χ3n) is 7.83. The molecule has 2 N–H and O–H groups in total. The van der Waals surface area contributed by atoms with Gasteiger partial charge in [0.05, 0.1) is 12.5 Å². The number of carboxylic acids is 3. The number of aliphatic carboxylic acids is 3. The third-order valence-corrected chi connectivity index (χ3v) is 7.83. The number of rotatable bonds is 26. The zero-order chi connectivity index (χ0) is 28.8. The Kier molecular flexibility index (Phi) is 20.9. The van der Waals surface area contributed by atoms with Gasteiger partial charge < -0.3 is 20.1 Å². The van der Waals surface area contributed by atoms with Gasteiger partial charge in [-0.25, -0.2) is 9.59 Å². The Labute approximate surface area is 232 Å². The van der Waals surface area contributed by atoms with Gasteiger partial charge in [-0.05, 0) is 51.4 Å². The van der Waals surface area contributed by atoms with Crippen LogP contribution in [0.5, 0.6) is 0 Å². The van der Waals surface area contributed by atoms with E-state index in [4.69, 9.17) is 0 Å². The molecule has 3 atom stereocenters. The van der Waals surface area contributed by atoms with E-state index in [1.807, 2.05) is 20.8 Å². The Balaban J connectivity index is 5.35. The van der Waals surface area contributed by atoms with Gasteiger partial charge in [0.1, 0.15) is 6.04 Å². The molecule has 7 heteroatoms. The monoisotopic (exact) mass is 539 g/mol. The molecule has 38 heavy (non-hydrogen) atoms. The van der Waals surface area contributed by atoms with Crippen LogP contribution in [0.15, 0.2) is 12.2 Å². The minimum Gasteiger partial charge on any atom is -0.544 e. The van der Waals surface area contributed by atoms with E-state index in [2.05, 4.69) is 19.1 Å². The summed E-state index contributed by atoms with van der Waals surface area (Å²) in [5, 5.41) is 32.9. The van der Waals surface area contributed by atoms with E-state index in [9.17, 15) is 29.7 Å². The van der Waals surface area contributed by atoms with Gasteiger partial charge in [0.15, 0.2) is 12.1 Å². The molecule has 0 aliphatic rings. The van der Waals surface area contributed by atoms with Crippen molar-refractivity contribution in [3.8, 4) is 0 Å². The molecule has 0 radical (unpaired) electrons. The van der Waals surface area contributed by atoms with Crippen LogP contribution >= 0.6 is 0 Å². The van der Waals surface area contributed by atoms with Crippen molar-refractivity contribution in [3.05, 3.63) is 12.2 Å². The SMILES string of the molecule is CCCCC/C=C/CCCCCCCCC[N+](C(CCC)C(=O)[O-])(C(CCC)C(=O)O)C(CCC)C(=O)O. The first-order valence-corrected chi connectivity index (χ1v) is 15.4. The lowest BCUT2D eigenvalue weighted by Gasteiger charge is -2.52. The lowest BCUT2D eigenvalue weighted by Crippen LogP contribution is -2.74. The maximum atomic E-state index is 12.5. The van der Waals surface area contributed by atoms with Crippen LogP contribution in [0.3, 0.4) is 0 Å². The van der Waals surface area contributed by atoms with Gasteiger partial charge in [-0.3, -0.25) is 4.48 Å². The number of unbranched alkanes of at least 4 members (excludes halogenated alkanes) is 10. The molecule has 0 fully saturated rings. The molecule has 0 heterocycles. The minimum absolute atomic E-state index is 0.205. The Morgan fingerprint density at radius 3 is 1.39 bits per heavy atom. The second-order valence-corrected chi connectivity index (χ2v) is 10.9. The van der Waals surface area contributed by atoms with Crippen molar-refractivity contribution < 1.29 is 34.2 Å². The van der Waals surface area contributed by atoms with Crippen LogP contribution in [0.25, 0.3) is 0 Å². The molecule has 0 rings (SSSR count). The molecule has 0 bridgehead atoms. The van der Waals surface area contributed by atoms with Gasteiger partial charge in [-0.15, -0.1) is 0 Å². The molecule has 7 nitrogen and oxygen atoms in total. The summed E-state index contributed by atoms with van der Waals surface area (Å²) in [6.45, 7) is 8.01. The van der Waals surface area contributed by atoms with Gasteiger partial charge in [0, 0.05) is 19.3 Å². The van der Waals surface area contributed by atoms with Gasteiger partial charge >= 0.3 is 11.9 Å². The maximum Gasteiger partial charge on any atom is 0.362 e. The molecular formula is C31H57NO6. The van der Waals surface area contributed by atoms with Gasteiger partial charge in [-0.1, -0.05) is 84.8 Å². The highest BCUT2D eigenvalue weighted by Gasteiger charge is 2.54. The topological polar surface area (TPSA) is 115 Å². The fourth-order valence-electron chi connectivity index (χ4n) is 5.91. The normalized spacial score (nSPS) is 15.7. The van der Waals surface area contributed by atoms with Crippen LogP contribution in [0.4, 0.5) is 0 Å². The molecule has 0 aromatic carbocycles. The first kappa shape index (κ1) is 36.1. The van der Waals surface area contributed by atoms with Crippen molar-refractivity contribution in [2.45, 2.75) is 161 Å². The highest BCUT2D eigenvalue weighted by Crippen LogP contribution is 2.34. The van der Waals surface area contributed by atoms with Gasteiger partial charge in [0.25, 0.3) is 0 Å². The van der Waals surface area contributed by atoms with Crippen LogP contribution < -0.4 is 5.11 Å². The summed E-state index contributed by atoms with van der Waals surface area (Å²) in [5.41, 5.74) is 0. The molecule has 0 spiro atoms. The van der Waals surface area contributed by atoms with E-state index in [-0.39, 0.29) is 25.8 Å². The summed E-state index contributed by atoms with van der Waals surface area (Å²) in [4.78, 5) is 37.5. The van der Waals surface area contributed by atoms with Crippen molar-refractivity contribution in [2.75, 3.05) is 6.54 Å². The zero-order valence-corrected chi connectivity index (χ0v) is 24.8. The summed E-state index contributed by atoms with van der Waals surface area (Å²) in [6, 6.07) is -3.33. The van der Waals surface area contributed by atoms with Crippen LogP contribution in [0, 0.1) is 0 Å². The summed E-state index contributed by atoms with van der Waals surface area (Å²) in [6.07, 6.45) is 20.0. The summed E-state index contributed by atoms with van der Waals surface area (Å²) in [7, 11) is 0. The van der Waals surface area contributed by atoms with Crippen LogP contribution in [0.1, 0.15) is 143 Å². The van der Waals surface area contributed by atoms with Crippen molar-refractivity contribution in [1.82, 2.24) is 0 Å². The Hall–Kier alpha value is -1.89. The predicted octanol–water partition coefficient (Wildman–Crippen LogP) is 6.49. The summed E-state index contributed by atoms with van der Waals surface area (Å²) >= 11 is 0. The fourth-order valence-corrected chi connectivity index (χ4v) is 5.91. The maximum absolute atomic E-state index is 12.5. The van der Waals surface area contributed by atoms with Crippen molar-refractivity contribution in [3.63, 3.8) is 0 Å². The summed E-state index contributed by atoms with van der Waals surface area (Å²) in [5.74, 6) is -3.57. The number of carboxylic acid groups (broad SMARTS) is 3. The average Bonchev–Trinajstić information content (AvgIpc) is 2.87. The van der Waals surface area contributed by atoms with Crippen LogP contribution in [-0.2, 0) is 14.4 Å². The van der Waals surface area contributed by atoms with E-state index in [1.165, 1.54) is 38.5 Å². The van der Waals surface area contributed by atoms with E-state index in [1.54, 1.807) is 0 Å². The highest BCUT2D eigenvalue weighted by atomic mass is 16.4. The Bertz CT molecular complexity index is 617. The standard InChI is InChI=1S/C31H57NO6/c1-5-9-10-11-12-13-14-15-16-17-18-19-20-21-25-32(26(22-6-2)29(33)34,27(23-7-3)30(35)36)28(24-8-4)31(37)38/h12-13,26-28H,5-11,14-25H2,1-4H3,(H2-,33,34,35,36,37,38)/b13-12+. The molecule has 222 valence electrons. The molecule has 0 aliphatic carbocycles. The zero-order valence-electron chi connectivity index (χ0n) is 24.8. The van der Waals surface area contributed by atoms with Crippen molar-refractivity contribution in [2.24, 2.45) is 0 Å². The van der Waals surface area contributed by atoms with Crippen molar-refractivity contribution >= 4 is 17.9 Å². The quantitative estimate of drug-likeness (QED) is 0.0738. The number of hydrogen-bond donors (Lipinski definition) is 2. The largest absolute Gasteiger partial charge is 0.544 e. The van der Waals surface area contributed by atoms with E-state index in [0.717, 1.165) is 32.1 Å². The number of nitrogens with zero attached hydrogens (tertiary/aromatic N) is 1.